The Morgan fingerprint density at radius 3 is 1.32 bits per heavy atom. The van der Waals surface area contributed by atoms with Crippen LogP contribution in [0.3, 0.4) is 0 Å². The van der Waals surface area contributed by atoms with Crippen LogP contribution in [0.1, 0.15) is 67.7 Å². The summed E-state index contributed by atoms with van der Waals surface area (Å²) in [5, 5.41) is 3.83. The van der Waals surface area contributed by atoms with Crippen LogP contribution in [-0.2, 0) is 7.05 Å². The van der Waals surface area contributed by atoms with Crippen molar-refractivity contribution in [3.63, 3.8) is 0 Å². The number of hydrogen-bond acceptors (Lipinski definition) is 2. The maximum Gasteiger partial charge on any atom is 0.0489 e. The molecule has 0 aliphatic rings. The van der Waals surface area contributed by atoms with Gasteiger partial charge in [0.25, 0.3) is 0 Å². The predicted octanol–water partition coefficient (Wildman–Crippen LogP) is 8.16. The van der Waals surface area contributed by atoms with Crippen molar-refractivity contribution in [3.8, 4) is 0 Å². The topological polar surface area (TPSA) is 30.7 Å². The van der Waals surface area contributed by atoms with Crippen LogP contribution in [0.5, 0.6) is 0 Å². The highest BCUT2D eigenvalue weighted by atomic mass is 15.2. The summed E-state index contributed by atoms with van der Waals surface area (Å²) >= 11 is 0. The molecule has 0 aliphatic heterocycles. The Balaban J connectivity index is -0.0000000809. The standard InChI is InChI=1S/C7H8.C6H7N.C4H6N2.3C2H6.2CH4/c1-7-5-3-2-4-6-7;1-6-4-2-3-5-7-6;1-6-4-2-3-5-6;3*1-2;;/h2-6H,1H3;2-5H,1H3;2-4H,1H3;3*1-2H3;2*1H4. The average molecular weight is 390 g/mol. The monoisotopic (exact) mass is 389 g/mol. The molecule has 3 aromatic rings. The minimum Gasteiger partial charge on any atom is -0.276 e. The Hall–Kier alpha value is -2.42. The maximum atomic E-state index is 3.98. The molecule has 162 valence electrons. The fraction of sp³-hybridized carbons (Fsp3) is 0.440. The summed E-state index contributed by atoms with van der Waals surface area (Å²) < 4.78 is 1.75. The van der Waals surface area contributed by atoms with Gasteiger partial charge in [0, 0.05) is 31.3 Å². The zero-order chi connectivity index (χ0) is 20.6. The van der Waals surface area contributed by atoms with E-state index in [1.807, 2.05) is 104 Å². The van der Waals surface area contributed by atoms with Gasteiger partial charge in [-0.2, -0.15) is 5.10 Å². The highest BCUT2D eigenvalue weighted by Crippen LogP contribution is 1.92. The zero-order valence-corrected chi connectivity index (χ0v) is 18.3. The van der Waals surface area contributed by atoms with Gasteiger partial charge in [0.15, 0.2) is 0 Å². The number of aromatic nitrogens is 3. The van der Waals surface area contributed by atoms with Gasteiger partial charge in [-0.25, -0.2) is 0 Å². The summed E-state index contributed by atoms with van der Waals surface area (Å²) in [5.74, 6) is 0. The SMILES string of the molecule is C.C.CC.CC.CC.Cc1ccccc1.Cc1ccccn1.Cn1cccn1. The molecule has 0 spiro atoms. The molecule has 0 atom stereocenters. The van der Waals surface area contributed by atoms with Crippen molar-refractivity contribution in [1.29, 1.82) is 0 Å². The first-order valence-electron chi connectivity index (χ1n) is 9.51. The van der Waals surface area contributed by atoms with Gasteiger partial charge >= 0.3 is 0 Å². The number of hydrogen-bond donors (Lipinski definition) is 0. The molecule has 2 aromatic heterocycles. The lowest BCUT2D eigenvalue weighted by molar-refractivity contribution is 0.768. The molecule has 0 aliphatic carbocycles. The molecular formula is C25H47N3. The second-order valence-corrected chi connectivity index (χ2v) is 4.31. The van der Waals surface area contributed by atoms with Crippen LogP contribution >= 0.6 is 0 Å². The minimum atomic E-state index is 0. The van der Waals surface area contributed by atoms with Crippen LogP contribution in [-0.4, -0.2) is 14.8 Å². The summed E-state index contributed by atoms with van der Waals surface area (Å²) in [6.45, 7) is 16.1. The fourth-order valence-corrected chi connectivity index (χ4v) is 1.33. The van der Waals surface area contributed by atoms with E-state index in [9.17, 15) is 0 Å². The van der Waals surface area contributed by atoms with Crippen molar-refractivity contribution in [2.24, 2.45) is 7.05 Å². The number of nitrogens with zero attached hydrogens (tertiary/aromatic N) is 3. The molecule has 0 fully saturated rings. The van der Waals surface area contributed by atoms with Crippen LogP contribution in [0.15, 0.2) is 73.2 Å². The van der Waals surface area contributed by atoms with Crippen molar-refractivity contribution < 1.29 is 0 Å². The molecule has 0 saturated heterocycles. The molecule has 0 radical (unpaired) electrons. The van der Waals surface area contributed by atoms with E-state index in [2.05, 4.69) is 29.1 Å². The third kappa shape index (κ3) is 28.4. The van der Waals surface area contributed by atoms with E-state index in [1.165, 1.54) is 5.56 Å². The van der Waals surface area contributed by atoms with E-state index in [-0.39, 0.29) is 14.9 Å². The van der Waals surface area contributed by atoms with E-state index in [4.69, 9.17) is 0 Å². The summed E-state index contributed by atoms with van der Waals surface area (Å²) in [6, 6.07) is 18.0. The van der Waals surface area contributed by atoms with Gasteiger partial charge in [-0.15, -0.1) is 0 Å². The first-order chi connectivity index (χ1) is 12.7. The second kappa shape index (κ2) is 32.3. The van der Waals surface area contributed by atoms with Crippen molar-refractivity contribution in [1.82, 2.24) is 14.8 Å². The van der Waals surface area contributed by atoms with Crippen LogP contribution in [0.4, 0.5) is 0 Å². The van der Waals surface area contributed by atoms with E-state index in [0.717, 1.165) is 5.69 Å². The van der Waals surface area contributed by atoms with Crippen molar-refractivity contribution in [2.75, 3.05) is 0 Å². The lowest BCUT2D eigenvalue weighted by Gasteiger charge is -1.82. The first-order valence-corrected chi connectivity index (χ1v) is 9.51. The highest BCUT2D eigenvalue weighted by Gasteiger charge is 1.73. The maximum absolute atomic E-state index is 3.98. The van der Waals surface area contributed by atoms with Crippen LogP contribution in [0.25, 0.3) is 0 Å². The molecule has 3 nitrogen and oxygen atoms in total. The summed E-state index contributed by atoms with van der Waals surface area (Å²) in [5.41, 5.74) is 2.39. The molecular weight excluding hydrogens is 342 g/mol. The summed E-state index contributed by atoms with van der Waals surface area (Å²) in [4.78, 5) is 3.98. The van der Waals surface area contributed by atoms with Gasteiger partial charge in [0.1, 0.15) is 0 Å². The Morgan fingerprint density at radius 2 is 1.14 bits per heavy atom. The molecule has 2 heterocycles. The van der Waals surface area contributed by atoms with Crippen LogP contribution in [0, 0.1) is 13.8 Å². The predicted molar refractivity (Wildman–Crippen MR) is 131 cm³/mol. The number of pyridine rings is 1. The van der Waals surface area contributed by atoms with Crippen LogP contribution < -0.4 is 0 Å². The Morgan fingerprint density at radius 1 is 0.643 bits per heavy atom. The Kier molecular flexibility index (Phi) is 42.1. The summed E-state index contributed by atoms with van der Waals surface area (Å²) in [7, 11) is 1.89. The Bertz CT molecular complexity index is 509. The molecule has 0 amide bonds. The van der Waals surface area contributed by atoms with Gasteiger partial charge in [-0.1, -0.05) is 98.4 Å². The van der Waals surface area contributed by atoms with E-state index >= 15 is 0 Å². The Labute approximate surface area is 176 Å². The second-order valence-electron chi connectivity index (χ2n) is 4.31. The molecule has 3 heteroatoms. The van der Waals surface area contributed by atoms with E-state index < -0.39 is 0 Å². The van der Waals surface area contributed by atoms with Gasteiger partial charge < -0.3 is 0 Å². The van der Waals surface area contributed by atoms with Gasteiger partial charge in [-0.05, 0) is 32.0 Å². The molecule has 28 heavy (non-hydrogen) atoms. The van der Waals surface area contributed by atoms with Crippen LogP contribution in [0.2, 0.25) is 0 Å². The normalized spacial score (nSPS) is 6.89. The van der Waals surface area contributed by atoms with Crippen molar-refractivity contribution in [2.45, 2.75) is 70.2 Å². The van der Waals surface area contributed by atoms with E-state index in [1.54, 1.807) is 17.1 Å². The zero-order valence-electron chi connectivity index (χ0n) is 18.3. The molecule has 0 saturated carbocycles. The first kappa shape index (κ1) is 36.5. The largest absolute Gasteiger partial charge is 0.276 e. The molecule has 1 aromatic carbocycles. The molecule has 3 rings (SSSR count). The summed E-state index contributed by atoms with van der Waals surface area (Å²) in [6.07, 6.45) is 5.43. The lowest BCUT2D eigenvalue weighted by atomic mass is 10.2. The van der Waals surface area contributed by atoms with Gasteiger partial charge in [0.2, 0.25) is 0 Å². The third-order valence-electron chi connectivity index (χ3n) is 2.39. The van der Waals surface area contributed by atoms with Gasteiger partial charge in [-0.3, -0.25) is 9.67 Å². The molecule has 0 bridgehead atoms. The number of aryl methyl sites for hydroxylation is 3. The van der Waals surface area contributed by atoms with Crippen molar-refractivity contribution >= 4 is 0 Å². The van der Waals surface area contributed by atoms with Gasteiger partial charge in [0.05, 0.1) is 0 Å². The highest BCUT2D eigenvalue weighted by molar-refractivity contribution is 5.11. The quantitative estimate of drug-likeness (QED) is 0.388. The average Bonchev–Trinajstić information content (AvgIpc) is 3.20. The third-order valence-corrected chi connectivity index (χ3v) is 2.39. The smallest absolute Gasteiger partial charge is 0.0489 e. The fourth-order valence-electron chi connectivity index (χ4n) is 1.33. The number of rotatable bonds is 0. The van der Waals surface area contributed by atoms with E-state index in [0.29, 0.717) is 0 Å². The minimum absolute atomic E-state index is 0. The number of benzene rings is 1. The molecule has 0 unspecified atom stereocenters. The lowest BCUT2D eigenvalue weighted by Crippen LogP contribution is -1.83. The van der Waals surface area contributed by atoms with Crippen molar-refractivity contribution in [3.05, 3.63) is 84.4 Å². The molecule has 0 N–H and O–H groups in total.